The number of carbonyl (C=O) groups is 1. The molecule has 8 nitrogen and oxygen atoms in total. The van der Waals surface area contributed by atoms with Gasteiger partial charge in [-0.1, -0.05) is 16.6 Å². The van der Waals surface area contributed by atoms with E-state index in [2.05, 4.69) is 15.1 Å². The molecule has 0 amide bonds. The fourth-order valence-electron chi connectivity index (χ4n) is 3.27. The quantitative estimate of drug-likeness (QED) is 0.249. The molecule has 1 N–H and O–H groups in total. The zero-order valence-electron chi connectivity index (χ0n) is 21.5. The average molecular weight is 611 g/mol. The minimum atomic E-state index is -5.62. The van der Waals surface area contributed by atoms with Gasteiger partial charge in [0.25, 0.3) is 0 Å². The summed E-state index contributed by atoms with van der Waals surface area (Å²) in [5.74, 6) is -7.81. The highest BCUT2D eigenvalue weighted by atomic mass is 32.2. The average Bonchev–Trinajstić information content (AvgIpc) is 3.34. The molecule has 16 heteroatoms. The van der Waals surface area contributed by atoms with Gasteiger partial charge in [-0.05, 0) is 51.6 Å². The summed E-state index contributed by atoms with van der Waals surface area (Å²) < 4.78 is 108. The molecule has 0 aliphatic heterocycles. The van der Waals surface area contributed by atoms with Gasteiger partial charge in [0.15, 0.2) is 10.7 Å². The van der Waals surface area contributed by atoms with Crippen molar-refractivity contribution in [3.8, 4) is 0 Å². The van der Waals surface area contributed by atoms with Crippen molar-refractivity contribution >= 4 is 38.8 Å². The molecule has 40 heavy (non-hydrogen) atoms. The van der Waals surface area contributed by atoms with Crippen molar-refractivity contribution in [2.75, 3.05) is 16.8 Å². The second kappa shape index (κ2) is 11.6. The van der Waals surface area contributed by atoms with Gasteiger partial charge in [0.05, 0.1) is 5.51 Å². The molecule has 0 unspecified atom stereocenters. The summed E-state index contributed by atoms with van der Waals surface area (Å²) in [5.41, 5.74) is 1.25. The lowest BCUT2D eigenvalue weighted by molar-refractivity contribution is -0.199. The molecule has 0 atom stereocenters. The lowest BCUT2D eigenvalue weighted by Crippen LogP contribution is -2.39. The van der Waals surface area contributed by atoms with E-state index in [4.69, 9.17) is 0 Å². The predicted octanol–water partition coefficient (Wildman–Crippen LogP) is 5.62. The summed E-state index contributed by atoms with van der Waals surface area (Å²) in [7, 11) is -3.73. The Morgan fingerprint density at radius 1 is 1.07 bits per heavy atom. The van der Waals surface area contributed by atoms with Gasteiger partial charge in [0.1, 0.15) is 17.5 Å². The van der Waals surface area contributed by atoms with Gasteiger partial charge in [-0.15, -0.1) is 11.3 Å². The highest BCUT2D eigenvalue weighted by Gasteiger charge is 2.46. The number of nitrogens with one attached hydrogen (secondary N) is 1. The van der Waals surface area contributed by atoms with Crippen molar-refractivity contribution in [3.05, 3.63) is 69.8 Å². The van der Waals surface area contributed by atoms with E-state index in [-0.39, 0.29) is 23.3 Å². The van der Waals surface area contributed by atoms with Crippen LogP contribution in [-0.2, 0) is 32.7 Å². The van der Waals surface area contributed by atoms with Crippen molar-refractivity contribution in [2.45, 2.75) is 50.5 Å². The Morgan fingerprint density at radius 3 is 2.23 bits per heavy atom. The van der Waals surface area contributed by atoms with Gasteiger partial charge in [0, 0.05) is 35.3 Å². The smallest absolute Gasteiger partial charge is 0.381 e. The van der Waals surface area contributed by atoms with Crippen LogP contribution in [0.3, 0.4) is 0 Å². The van der Waals surface area contributed by atoms with E-state index < -0.39 is 54.8 Å². The molecule has 1 aromatic heterocycles. The number of hydrogen-bond donors (Lipinski definition) is 1. The lowest BCUT2D eigenvalue weighted by Gasteiger charge is -2.32. The minimum absolute atomic E-state index is 0.199. The standard InChI is InChI=1S/C24H24F6N4O4S2/c1-23(2,3)33(4)11-14-6-5-7-17(25)16(14)10-31-15-8-18(26)21(19(27)9-15)40(36,37)34(20-12-39-13-32-20)38-22(35)24(28,29)30/h5-9,12-13,31H,10-11H2,1-4H3. The summed E-state index contributed by atoms with van der Waals surface area (Å²) in [6.07, 6.45) is -5.62. The molecule has 0 aliphatic rings. The second-order valence-corrected chi connectivity index (χ2v) is 11.9. The van der Waals surface area contributed by atoms with Crippen LogP contribution in [0.5, 0.6) is 0 Å². The van der Waals surface area contributed by atoms with E-state index in [0.29, 0.717) is 35.6 Å². The highest BCUT2D eigenvalue weighted by Crippen LogP contribution is 2.31. The predicted molar refractivity (Wildman–Crippen MR) is 135 cm³/mol. The Balaban J connectivity index is 1.92. The van der Waals surface area contributed by atoms with Crippen LogP contribution in [0.25, 0.3) is 0 Å². The Hall–Kier alpha value is -3.37. The molecule has 0 saturated heterocycles. The molecule has 1 heterocycles. The van der Waals surface area contributed by atoms with Crippen molar-refractivity contribution < 1.29 is 44.4 Å². The van der Waals surface area contributed by atoms with Gasteiger partial charge in [-0.25, -0.2) is 22.9 Å². The van der Waals surface area contributed by atoms with Gasteiger partial charge in [-0.3, -0.25) is 4.90 Å². The van der Waals surface area contributed by atoms with Crippen LogP contribution in [0.4, 0.5) is 37.8 Å². The first-order chi connectivity index (χ1) is 18.4. The van der Waals surface area contributed by atoms with Crippen molar-refractivity contribution in [1.82, 2.24) is 9.88 Å². The van der Waals surface area contributed by atoms with Crippen molar-refractivity contribution in [1.29, 1.82) is 0 Å². The van der Waals surface area contributed by atoms with E-state index in [9.17, 15) is 30.8 Å². The first-order valence-corrected chi connectivity index (χ1v) is 13.7. The number of anilines is 2. The molecule has 3 rings (SSSR count). The summed E-state index contributed by atoms with van der Waals surface area (Å²) in [6.45, 7) is 6.00. The van der Waals surface area contributed by atoms with Crippen molar-refractivity contribution in [3.63, 3.8) is 0 Å². The summed E-state index contributed by atoms with van der Waals surface area (Å²) in [5, 5.41) is 3.52. The fourth-order valence-corrected chi connectivity index (χ4v) is 5.13. The van der Waals surface area contributed by atoms with Crippen LogP contribution in [-0.4, -0.2) is 43.0 Å². The number of halogens is 6. The molecule has 2 aromatic carbocycles. The molecular formula is C24H24F6N4O4S2. The number of aromatic nitrogens is 1. The lowest BCUT2D eigenvalue weighted by atomic mass is 10.0. The fraction of sp³-hybridized carbons (Fsp3) is 0.333. The summed E-state index contributed by atoms with van der Waals surface area (Å²) in [6, 6.07) is 5.53. The highest BCUT2D eigenvalue weighted by molar-refractivity contribution is 7.92. The van der Waals surface area contributed by atoms with Gasteiger partial charge in [-0.2, -0.15) is 21.6 Å². The Bertz CT molecular complexity index is 1450. The van der Waals surface area contributed by atoms with Crippen LogP contribution in [0.1, 0.15) is 31.9 Å². The van der Waals surface area contributed by atoms with E-state index in [1.807, 2.05) is 32.7 Å². The number of hydrogen-bond acceptors (Lipinski definition) is 8. The van der Waals surface area contributed by atoms with Gasteiger partial charge >= 0.3 is 22.2 Å². The van der Waals surface area contributed by atoms with Crippen LogP contribution in [0, 0.1) is 17.5 Å². The summed E-state index contributed by atoms with van der Waals surface area (Å²) >= 11 is 0.715. The molecule has 0 saturated carbocycles. The SMILES string of the molecule is CN(Cc1cccc(F)c1CNc1cc(F)c(S(=O)(=O)N(OC(=O)C(F)(F)F)c2cscn2)c(F)c1)C(C)(C)C. The monoisotopic (exact) mass is 610 g/mol. The van der Waals surface area contributed by atoms with Gasteiger partial charge in [0.2, 0.25) is 0 Å². The van der Waals surface area contributed by atoms with Crippen LogP contribution in [0.15, 0.2) is 46.1 Å². The largest absolute Gasteiger partial charge is 0.493 e. The van der Waals surface area contributed by atoms with E-state index >= 15 is 8.78 Å². The first kappa shape index (κ1) is 31.2. The first-order valence-electron chi connectivity index (χ1n) is 11.4. The molecule has 218 valence electrons. The van der Waals surface area contributed by atoms with E-state index in [0.717, 1.165) is 10.9 Å². The number of sulfonamides is 1. The molecule has 0 radical (unpaired) electrons. The molecule has 0 fully saturated rings. The maximum absolute atomic E-state index is 15.0. The third kappa shape index (κ3) is 7.03. The van der Waals surface area contributed by atoms with E-state index in [1.54, 1.807) is 6.07 Å². The molecular weight excluding hydrogens is 586 g/mol. The van der Waals surface area contributed by atoms with Crippen LogP contribution in [0.2, 0.25) is 0 Å². The minimum Gasteiger partial charge on any atom is -0.381 e. The number of carbonyl (C=O) groups excluding carboxylic acids is 1. The molecule has 0 spiro atoms. The third-order valence-electron chi connectivity index (χ3n) is 5.72. The zero-order valence-corrected chi connectivity index (χ0v) is 23.1. The Kier molecular flexibility index (Phi) is 9.06. The number of alkyl halides is 3. The maximum atomic E-state index is 15.0. The van der Waals surface area contributed by atoms with Gasteiger partial charge < -0.3 is 10.2 Å². The molecule has 3 aromatic rings. The topological polar surface area (TPSA) is 91.8 Å². The normalized spacial score (nSPS) is 12.5. The van der Waals surface area contributed by atoms with Crippen LogP contribution < -0.4 is 9.79 Å². The van der Waals surface area contributed by atoms with Crippen molar-refractivity contribution in [2.24, 2.45) is 0 Å². The Labute approximate surface area is 230 Å². The number of rotatable bonds is 9. The molecule has 0 aliphatic carbocycles. The summed E-state index contributed by atoms with van der Waals surface area (Å²) in [4.78, 5) is 19.0. The zero-order chi connectivity index (χ0) is 30.0. The van der Waals surface area contributed by atoms with Crippen LogP contribution >= 0.6 is 11.3 Å². The number of benzene rings is 2. The van der Waals surface area contributed by atoms with E-state index in [1.165, 1.54) is 12.1 Å². The maximum Gasteiger partial charge on any atom is 0.493 e. The third-order valence-corrected chi connectivity index (χ3v) is 7.89. The number of thiazole rings is 1. The Morgan fingerprint density at radius 2 is 1.70 bits per heavy atom. The second-order valence-electron chi connectivity index (χ2n) is 9.48. The number of nitrogens with zero attached hydrogens (tertiary/aromatic N) is 3. The molecule has 0 bridgehead atoms.